The van der Waals surface area contributed by atoms with Gasteiger partial charge in [-0.15, -0.1) is 0 Å². The number of fused-ring (bicyclic) bond motifs is 39. The lowest BCUT2D eigenvalue weighted by Gasteiger charge is -2.13. The first-order valence-corrected chi connectivity index (χ1v) is 43.8. The number of nitrogens with zero attached hydrogens (tertiary/aromatic N) is 16. The number of aromatic nitrogens is 14. The number of hydrogen-bond acceptors (Lipinski definition) is 8. The molecule has 0 atom stereocenters. The van der Waals surface area contributed by atoms with Crippen molar-refractivity contribution in [1.29, 1.82) is 0 Å². The van der Waals surface area contributed by atoms with Gasteiger partial charge in [-0.2, -0.15) is 4.98 Å². The summed E-state index contributed by atoms with van der Waals surface area (Å²) in [6.07, 6.45) is 3.46. The quantitative estimate of drug-likeness (QED) is 0.159. The van der Waals surface area contributed by atoms with E-state index < -0.39 is 0 Å². The highest BCUT2D eigenvalue weighted by Crippen LogP contribution is 2.53. The molecule has 14 aromatic heterocycles. The molecule has 602 valence electrons. The van der Waals surface area contributed by atoms with Crippen molar-refractivity contribution in [2.75, 3.05) is 0 Å². The van der Waals surface area contributed by atoms with Crippen LogP contribution >= 0.6 is 0 Å². The average Bonchev–Trinajstić information content (AvgIpc) is 1.52. The first-order valence-electron chi connectivity index (χ1n) is 43.8. The minimum atomic E-state index is 0.248. The van der Waals surface area contributed by atoms with E-state index in [4.69, 9.17) is 48.0 Å². The van der Waals surface area contributed by atoms with Gasteiger partial charge in [0, 0.05) is 136 Å². The van der Waals surface area contributed by atoms with Crippen LogP contribution in [0.5, 0.6) is 0 Å². The van der Waals surface area contributed by atoms with E-state index in [0.29, 0.717) is 34.6 Å². The fourth-order valence-corrected chi connectivity index (χ4v) is 22.3. The largest absolute Gasteiger partial charge is 0.359 e. The van der Waals surface area contributed by atoms with Crippen LogP contribution in [-0.4, -0.2) is 66.8 Å². The van der Waals surface area contributed by atoms with Gasteiger partial charge in [-0.25, -0.2) is 24.8 Å². The highest BCUT2D eigenvalue weighted by Gasteiger charge is 2.32. The molecule has 0 radical (unpaired) electrons. The van der Waals surface area contributed by atoms with Gasteiger partial charge in [0.25, 0.3) is 0 Å². The summed E-state index contributed by atoms with van der Waals surface area (Å²) in [7, 11) is 0. The number of pyridine rings is 2. The summed E-state index contributed by atoms with van der Waals surface area (Å²) in [5.74, 6) is 2.01. The van der Waals surface area contributed by atoms with Gasteiger partial charge in [-0.1, -0.05) is 272 Å². The number of hydrogen-bond donors (Lipinski definition) is 0. The normalized spacial score (nSPS) is 12.3. The molecule has 131 heavy (non-hydrogen) atoms. The third kappa shape index (κ3) is 9.56. The molecule has 14 heterocycles. The third-order valence-electron chi connectivity index (χ3n) is 27.6. The van der Waals surface area contributed by atoms with E-state index in [2.05, 4.69) is 346 Å². The molecule has 0 aliphatic carbocycles. The summed E-state index contributed by atoms with van der Waals surface area (Å²) >= 11 is 0. The Morgan fingerprint density at radius 3 is 0.985 bits per heavy atom. The number of para-hydroxylation sites is 7. The van der Waals surface area contributed by atoms with Crippen molar-refractivity contribution < 1.29 is 0 Å². The first-order chi connectivity index (χ1) is 64.9. The third-order valence-corrected chi connectivity index (χ3v) is 27.6. The molecule has 0 N–H and O–H groups in total. The van der Waals surface area contributed by atoms with Crippen LogP contribution in [-0.2, 0) is 0 Å². The van der Waals surface area contributed by atoms with E-state index >= 15 is 0 Å². The number of rotatable bonds is 4. The molecular formula is C115H62N16. The second-order valence-corrected chi connectivity index (χ2v) is 34.2. The van der Waals surface area contributed by atoms with Crippen LogP contribution in [0.4, 0.5) is 11.5 Å². The molecule has 0 aliphatic rings. The molecule has 0 bridgehead atoms. The van der Waals surface area contributed by atoms with Gasteiger partial charge in [0.1, 0.15) is 16.7 Å². The zero-order valence-corrected chi connectivity index (χ0v) is 69.7. The van der Waals surface area contributed by atoms with Crippen LogP contribution in [0.1, 0.15) is 5.69 Å². The summed E-state index contributed by atoms with van der Waals surface area (Å²) in [6, 6.07) is 122. The Morgan fingerprint density at radius 1 is 0.237 bits per heavy atom. The van der Waals surface area contributed by atoms with Crippen molar-refractivity contribution in [3.63, 3.8) is 0 Å². The Morgan fingerprint density at radius 2 is 0.565 bits per heavy atom. The number of aryl methyl sites for hydroxylation is 1. The molecular weight excluding hydrogens is 1610 g/mol. The lowest BCUT2D eigenvalue weighted by Crippen LogP contribution is -2.04. The van der Waals surface area contributed by atoms with Crippen molar-refractivity contribution in [3.05, 3.63) is 387 Å². The van der Waals surface area contributed by atoms with Gasteiger partial charge < -0.3 is 18.0 Å². The van der Waals surface area contributed by atoms with Gasteiger partial charge in [-0.05, 0) is 108 Å². The molecule has 0 fully saturated rings. The maximum Gasteiger partial charge on any atom is 0.332 e. The van der Waals surface area contributed by atoms with Gasteiger partial charge in [0.05, 0.1) is 112 Å². The van der Waals surface area contributed by atoms with Crippen LogP contribution in [0.3, 0.4) is 0 Å². The van der Waals surface area contributed by atoms with Crippen LogP contribution in [0, 0.1) is 20.1 Å². The van der Waals surface area contributed by atoms with Crippen LogP contribution in [0.15, 0.2) is 358 Å². The molecule has 0 spiro atoms. The van der Waals surface area contributed by atoms with E-state index in [1.807, 2.05) is 48.5 Å². The van der Waals surface area contributed by atoms with Gasteiger partial charge in [0.2, 0.25) is 11.9 Å². The van der Waals surface area contributed by atoms with E-state index in [9.17, 15) is 0 Å². The molecule has 16 nitrogen and oxygen atoms in total. The molecule has 0 amide bonds. The Labute approximate surface area is 741 Å². The Kier molecular flexibility index (Phi) is 14.3. The minimum absolute atomic E-state index is 0.248. The van der Waals surface area contributed by atoms with Crippen molar-refractivity contribution >= 4 is 256 Å². The second-order valence-electron chi connectivity index (χ2n) is 34.2. The Bertz CT molecular complexity index is 10600. The van der Waals surface area contributed by atoms with Crippen LogP contribution < -0.4 is 0 Å². The predicted octanol–water partition coefficient (Wildman–Crippen LogP) is 29.0. The molecule has 31 rings (SSSR count). The minimum Gasteiger partial charge on any atom is -0.359 e. The lowest BCUT2D eigenvalue weighted by molar-refractivity contribution is 0.994. The fourth-order valence-electron chi connectivity index (χ4n) is 22.3. The number of benzene rings is 17. The van der Waals surface area contributed by atoms with E-state index in [-0.39, 0.29) is 5.82 Å². The fraction of sp³-hybridized carbons (Fsp3) is 0.00870. The standard InChI is InChI=1S/C42H22N6.C37H22N4.C36H18N6/c1-43-26-19-16-25(17-20-26)37-38-33(13-8-22-44-38)45-42(46-37)48-39-27-10-3-2-9-24(27)18-21-29(39)32-23-31-28-11-4-6-14-34(28)47-35-15-7-5-12-30(35)36(40(31)47)41(32)48;1-21-23-11-4-7-15-30(23)39-37(38-21)41-34-24-12-3-2-10-22(24)18-19-26(34)29-20-28-25-13-5-8-16-31(25)40-32-17-9-6-14-27(32)33(35(28)40)36(29)41;1-37-35-31-27(13-8-18-38-31)39-36(40-35)42-32-21-10-3-2-9-20(21)16-17-23(32)26-19-25-22-11-4-6-14-28(22)41-29-15-7-5-12-24(29)30(33(25)41)34(26)42/h2-23H;2-20H,1H3;2-19H. The summed E-state index contributed by atoms with van der Waals surface area (Å²) in [4.78, 5) is 47.4. The maximum atomic E-state index is 7.94. The second kappa shape index (κ2) is 26.4. The van der Waals surface area contributed by atoms with E-state index in [1.54, 1.807) is 12.4 Å². The van der Waals surface area contributed by atoms with Gasteiger partial charge in [0.15, 0.2) is 5.69 Å². The molecule has 17 aromatic carbocycles. The van der Waals surface area contributed by atoms with Gasteiger partial charge >= 0.3 is 11.8 Å². The topological polar surface area (TPSA) is 140 Å². The van der Waals surface area contributed by atoms with Crippen molar-refractivity contribution in [3.8, 4) is 29.1 Å². The highest BCUT2D eigenvalue weighted by molar-refractivity contribution is 6.39. The molecule has 0 aliphatic heterocycles. The maximum absolute atomic E-state index is 7.94. The van der Waals surface area contributed by atoms with Crippen molar-refractivity contribution in [2.24, 2.45) is 0 Å². The molecule has 31 aromatic rings. The molecule has 0 unspecified atom stereocenters. The van der Waals surface area contributed by atoms with E-state index in [0.717, 1.165) is 120 Å². The van der Waals surface area contributed by atoms with Crippen LogP contribution in [0.25, 0.3) is 284 Å². The smallest absolute Gasteiger partial charge is 0.332 e. The highest BCUT2D eigenvalue weighted by atomic mass is 15.2. The average molecular weight is 1670 g/mol. The van der Waals surface area contributed by atoms with Gasteiger partial charge in [-0.3, -0.25) is 23.7 Å². The molecule has 16 heteroatoms. The van der Waals surface area contributed by atoms with E-state index in [1.165, 1.54) is 130 Å². The van der Waals surface area contributed by atoms with Crippen molar-refractivity contribution in [2.45, 2.75) is 6.92 Å². The van der Waals surface area contributed by atoms with Crippen molar-refractivity contribution in [1.82, 2.24) is 66.8 Å². The first kappa shape index (κ1) is 71.0. The zero-order valence-electron chi connectivity index (χ0n) is 69.7. The summed E-state index contributed by atoms with van der Waals surface area (Å²) < 4.78 is 14.1. The SMILES string of the molecule is Cc1nc(-n2c3c4ccccc4ccc3c3cc4c5ccccc5n5c6ccccc6c(c32)c45)nc2ccccc12.[C-]#[N+]c1ccc(-c2nc(-n3c4c5ccccc5ccc4c4cc5c6ccccc6n6c7ccccc7c(c43)c56)nc3cccnc23)cc1.[C-]#[N+]c1nc(-n2c3c4ccccc4ccc3c3cc4c5ccccc5n5c6ccccc6c(c32)c45)nc2cccnc12. The molecule has 0 saturated carbocycles. The zero-order chi connectivity index (χ0) is 85.9. The summed E-state index contributed by atoms with van der Waals surface area (Å²) in [5, 5.41) is 29.8. The monoisotopic (exact) mass is 1670 g/mol. The molecule has 0 saturated heterocycles. The summed E-state index contributed by atoms with van der Waals surface area (Å²) in [6.45, 7) is 17.5. The summed E-state index contributed by atoms with van der Waals surface area (Å²) in [5.41, 5.74) is 24.2. The Hall–Kier alpha value is -18.4. The lowest BCUT2D eigenvalue weighted by atomic mass is 10.0. The predicted molar refractivity (Wildman–Crippen MR) is 536 cm³/mol. The van der Waals surface area contributed by atoms with Crippen LogP contribution in [0.2, 0.25) is 0 Å². The Balaban J connectivity index is 0.0000000969.